The number of pyridine rings is 1. The molecule has 0 aliphatic heterocycles. The summed E-state index contributed by atoms with van der Waals surface area (Å²) >= 11 is 8.07. The summed E-state index contributed by atoms with van der Waals surface area (Å²) in [4.78, 5) is 20.2. The number of imidazole rings is 1. The zero-order chi connectivity index (χ0) is 20.4. The van der Waals surface area contributed by atoms with Gasteiger partial charge in [-0.1, -0.05) is 17.7 Å². The third-order valence-electron chi connectivity index (χ3n) is 3.78. The van der Waals surface area contributed by atoms with Crippen LogP contribution in [0.4, 0.5) is 20.2 Å². The number of carbonyl (C=O) groups excluding carboxylic acids is 1. The molecule has 0 saturated carbocycles. The van der Waals surface area contributed by atoms with Gasteiger partial charge in [-0.2, -0.15) is 0 Å². The van der Waals surface area contributed by atoms with E-state index in [2.05, 4.69) is 15.3 Å². The quantitative estimate of drug-likeness (QED) is 0.197. The number of halogens is 4. The van der Waals surface area contributed by atoms with Gasteiger partial charge in [-0.05, 0) is 34.2 Å². The van der Waals surface area contributed by atoms with Crippen LogP contribution in [0, 0.1) is 0 Å². The summed E-state index contributed by atoms with van der Waals surface area (Å²) in [6.07, 6.45) is -2.80. The third-order valence-corrected chi connectivity index (χ3v) is 6.03. The van der Waals surface area contributed by atoms with E-state index in [0.29, 0.717) is 11.4 Å². The van der Waals surface area contributed by atoms with Gasteiger partial charge in [0, 0.05) is 6.07 Å². The van der Waals surface area contributed by atoms with Crippen LogP contribution in [0.15, 0.2) is 24.3 Å². The maximum atomic E-state index is 13.4. The number of esters is 1. The van der Waals surface area contributed by atoms with Crippen LogP contribution in [0.1, 0.15) is 22.6 Å². The number of hydrogen-bond acceptors (Lipinski definition) is 6. The second-order valence-electron chi connectivity index (χ2n) is 5.36. The SMILES string of the molecule is COC(=O)c1cccc(Nc2cc(Cl)nc3c2nc(C(F)F)n3PI)c1OC. The molecule has 0 spiro atoms. The highest BCUT2D eigenvalue weighted by atomic mass is 127. The summed E-state index contributed by atoms with van der Waals surface area (Å²) in [5, 5.41) is 3.16. The highest BCUT2D eigenvalue weighted by Crippen LogP contribution is 2.39. The molecule has 1 atom stereocenters. The van der Waals surface area contributed by atoms with Crippen molar-refractivity contribution in [2.24, 2.45) is 0 Å². The van der Waals surface area contributed by atoms with Crippen molar-refractivity contribution >= 4 is 68.5 Å². The molecule has 0 bridgehead atoms. The maximum Gasteiger partial charge on any atom is 0.341 e. The summed E-state index contributed by atoms with van der Waals surface area (Å²) in [6.45, 7) is 0. The lowest BCUT2D eigenvalue weighted by Crippen LogP contribution is -2.06. The third kappa shape index (κ3) is 3.85. The van der Waals surface area contributed by atoms with Gasteiger partial charge in [0.2, 0.25) is 0 Å². The van der Waals surface area contributed by atoms with Gasteiger partial charge in [0.1, 0.15) is 16.2 Å². The second-order valence-corrected chi connectivity index (χ2v) is 7.81. The van der Waals surface area contributed by atoms with E-state index < -0.39 is 18.2 Å². The van der Waals surface area contributed by atoms with Crippen LogP contribution in [-0.2, 0) is 4.74 Å². The van der Waals surface area contributed by atoms with Crippen LogP contribution in [0.3, 0.4) is 0 Å². The number of methoxy groups -OCH3 is 2. The summed E-state index contributed by atoms with van der Waals surface area (Å²) in [5.74, 6) is -0.732. The highest BCUT2D eigenvalue weighted by Gasteiger charge is 2.23. The van der Waals surface area contributed by atoms with E-state index >= 15 is 0 Å². The number of carbonyl (C=O) groups is 1. The van der Waals surface area contributed by atoms with Crippen molar-refractivity contribution in [3.63, 3.8) is 0 Å². The number of hydrogen-bond donors (Lipinski definition) is 1. The minimum Gasteiger partial charge on any atom is -0.494 e. The first-order chi connectivity index (χ1) is 13.4. The minimum atomic E-state index is -2.76. The molecule has 148 valence electrons. The van der Waals surface area contributed by atoms with Crippen LogP contribution in [0.25, 0.3) is 11.2 Å². The molecule has 1 N–H and O–H groups in total. The van der Waals surface area contributed by atoms with Gasteiger partial charge in [-0.15, -0.1) is 0 Å². The lowest BCUT2D eigenvalue weighted by Gasteiger charge is -2.14. The molecule has 0 aliphatic rings. The van der Waals surface area contributed by atoms with Crippen molar-refractivity contribution in [2.45, 2.75) is 6.43 Å². The van der Waals surface area contributed by atoms with Crippen LogP contribution in [-0.4, -0.2) is 34.5 Å². The Balaban J connectivity index is 2.17. The number of nitrogens with one attached hydrogen (secondary N) is 1. The Morgan fingerprint density at radius 2 is 2.07 bits per heavy atom. The molecule has 0 saturated heterocycles. The summed E-state index contributed by atoms with van der Waals surface area (Å²) in [6, 6.07) is 6.31. The van der Waals surface area contributed by atoms with Gasteiger partial charge < -0.3 is 14.8 Å². The number of ether oxygens (including phenoxy) is 2. The lowest BCUT2D eigenvalue weighted by atomic mass is 10.1. The van der Waals surface area contributed by atoms with Crippen molar-refractivity contribution in [2.75, 3.05) is 19.5 Å². The van der Waals surface area contributed by atoms with Gasteiger partial charge in [0.25, 0.3) is 6.43 Å². The minimum absolute atomic E-state index is 0.0379. The number of alkyl halides is 2. The van der Waals surface area contributed by atoms with Gasteiger partial charge in [-0.25, -0.2) is 23.5 Å². The fourth-order valence-corrected chi connectivity index (χ4v) is 4.72. The topological polar surface area (TPSA) is 78.3 Å². The Labute approximate surface area is 178 Å². The normalized spacial score (nSPS) is 11.5. The molecule has 2 aromatic heterocycles. The maximum absolute atomic E-state index is 13.4. The van der Waals surface area contributed by atoms with E-state index in [9.17, 15) is 13.6 Å². The number of anilines is 2. The van der Waals surface area contributed by atoms with Gasteiger partial charge in [-0.3, -0.25) is 4.34 Å². The van der Waals surface area contributed by atoms with Crippen LogP contribution < -0.4 is 10.1 Å². The Bertz CT molecular complexity index is 1050. The average molecular weight is 541 g/mol. The second kappa shape index (κ2) is 8.71. The molecule has 3 aromatic rings. The van der Waals surface area contributed by atoms with Crippen LogP contribution in [0.5, 0.6) is 5.75 Å². The van der Waals surface area contributed by atoms with Crippen LogP contribution >= 0.6 is 40.0 Å². The van der Waals surface area contributed by atoms with E-state index in [1.165, 1.54) is 24.6 Å². The number of rotatable bonds is 6. The average Bonchev–Trinajstić information content (AvgIpc) is 3.06. The fraction of sp³-hybridized carbons (Fsp3) is 0.188. The Hall–Kier alpha value is -1.78. The molecule has 7 nitrogen and oxygen atoms in total. The predicted octanol–water partition coefficient (Wildman–Crippen LogP) is 5.35. The molecule has 0 radical (unpaired) electrons. The molecular formula is C16H13ClF2IN4O3P. The zero-order valence-electron chi connectivity index (χ0n) is 14.5. The monoisotopic (exact) mass is 540 g/mol. The van der Waals surface area contributed by atoms with Crippen molar-refractivity contribution in [1.29, 1.82) is 0 Å². The molecular weight excluding hydrogens is 528 g/mol. The molecule has 0 aliphatic carbocycles. The predicted molar refractivity (Wildman–Crippen MR) is 113 cm³/mol. The van der Waals surface area contributed by atoms with Crippen molar-refractivity contribution in [3.05, 3.63) is 40.8 Å². The summed E-state index contributed by atoms with van der Waals surface area (Å²) in [7, 11) is 2.67. The molecule has 28 heavy (non-hydrogen) atoms. The first-order valence-electron chi connectivity index (χ1n) is 7.67. The Kier molecular flexibility index (Phi) is 6.51. The van der Waals surface area contributed by atoms with Gasteiger partial charge in [0.05, 0.1) is 32.0 Å². The Morgan fingerprint density at radius 3 is 2.68 bits per heavy atom. The summed E-state index contributed by atoms with van der Waals surface area (Å²) < 4.78 is 38.2. The standard InChI is InChI=1S/C16H13ClF2IN4O3P/c1-26-12-7(16(25)27-2)4-3-5-8(12)21-9-6-10(17)22-14-11(9)23-15(13(18)19)24(14)28-20/h3-6,13,28H,1-2H3,(H,21,22). The van der Waals surface area contributed by atoms with Gasteiger partial charge >= 0.3 is 5.97 Å². The first kappa shape index (κ1) is 20.9. The number of nitrogens with zero attached hydrogens (tertiary/aromatic N) is 3. The highest BCUT2D eigenvalue weighted by molar-refractivity contribution is 14.2. The molecule has 1 unspecified atom stereocenters. The molecule has 1 aromatic carbocycles. The Morgan fingerprint density at radius 1 is 1.32 bits per heavy atom. The van der Waals surface area contributed by atoms with E-state index in [4.69, 9.17) is 21.1 Å². The largest absolute Gasteiger partial charge is 0.494 e. The van der Waals surface area contributed by atoms with E-state index in [0.717, 1.165) is 0 Å². The van der Waals surface area contributed by atoms with Crippen LogP contribution in [0.2, 0.25) is 5.15 Å². The molecule has 2 heterocycles. The van der Waals surface area contributed by atoms with Crippen molar-refractivity contribution < 1.29 is 23.0 Å². The first-order valence-corrected chi connectivity index (χ1v) is 12.1. The number of benzene rings is 1. The smallest absolute Gasteiger partial charge is 0.341 e. The van der Waals surface area contributed by atoms with Crippen molar-refractivity contribution in [1.82, 2.24) is 14.3 Å². The molecule has 0 fully saturated rings. The van der Waals surface area contributed by atoms with Crippen molar-refractivity contribution in [3.8, 4) is 5.75 Å². The van der Waals surface area contributed by atoms with E-state index in [1.807, 2.05) is 22.0 Å². The fourth-order valence-electron chi connectivity index (χ4n) is 2.63. The molecule has 12 heteroatoms. The van der Waals surface area contributed by atoms with E-state index in [-0.39, 0.29) is 34.0 Å². The number of aromatic nitrogens is 3. The molecule has 3 rings (SSSR count). The lowest BCUT2D eigenvalue weighted by molar-refractivity contribution is 0.0597. The van der Waals surface area contributed by atoms with E-state index in [1.54, 1.807) is 18.2 Å². The summed E-state index contributed by atoms with van der Waals surface area (Å²) in [5.41, 5.74) is 1.44. The zero-order valence-corrected chi connectivity index (χ0v) is 18.4. The van der Waals surface area contributed by atoms with Gasteiger partial charge in [0.15, 0.2) is 17.2 Å². The number of para-hydroxylation sites is 1. The molecule has 0 amide bonds. The number of fused-ring (bicyclic) bond motifs is 1.